The average Bonchev–Trinajstić information content (AvgIpc) is 2.77. The van der Waals surface area contributed by atoms with Crippen LogP contribution in [-0.4, -0.2) is 30.0 Å². The Morgan fingerprint density at radius 2 is 2.00 bits per heavy atom. The molecule has 0 aliphatic heterocycles. The Hall–Kier alpha value is -2.30. The first kappa shape index (κ1) is 13.1. The predicted molar refractivity (Wildman–Crippen MR) is 70.9 cm³/mol. The molecule has 100 valence electrons. The Labute approximate surface area is 111 Å². The number of ether oxygens (including phenoxy) is 2. The molecule has 0 spiro atoms. The molecular formula is C14H16N2O3. The molecule has 1 aromatic heterocycles. The van der Waals surface area contributed by atoms with Gasteiger partial charge in [-0.25, -0.2) is 9.48 Å². The van der Waals surface area contributed by atoms with E-state index < -0.39 is 5.97 Å². The van der Waals surface area contributed by atoms with E-state index >= 15 is 0 Å². The number of aromatic nitrogens is 2. The van der Waals surface area contributed by atoms with Gasteiger partial charge < -0.3 is 9.47 Å². The molecular weight excluding hydrogens is 244 g/mol. The summed E-state index contributed by atoms with van der Waals surface area (Å²) in [4.78, 5) is 11.6. The number of rotatable bonds is 3. The zero-order valence-electron chi connectivity index (χ0n) is 11.4. The van der Waals surface area contributed by atoms with E-state index in [1.165, 1.54) is 14.2 Å². The standard InChI is InChI=1S/C14H16N2O3/c1-9-8-16(15-10(9)2)11-5-6-12(14(17)19-4)13(7-11)18-3/h5-8H,1-4H3. The summed E-state index contributed by atoms with van der Waals surface area (Å²) in [6.07, 6.45) is 1.93. The van der Waals surface area contributed by atoms with Crippen molar-refractivity contribution in [2.75, 3.05) is 14.2 Å². The second-order valence-electron chi connectivity index (χ2n) is 4.22. The predicted octanol–water partition coefficient (Wildman–Crippen LogP) is 2.28. The van der Waals surface area contributed by atoms with Gasteiger partial charge in [-0.05, 0) is 31.5 Å². The van der Waals surface area contributed by atoms with E-state index in [1.807, 2.05) is 20.0 Å². The van der Waals surface area contributed by atoms with Gasteiger partial charge in [0.25, 0.3) is 0 Å². The third-order valence-electron chi connectivity index (χ3n) is 3.00. The first-order chi connectivity index (χ1) is 9.06. The van der Waals surface area contributed by atoms with E-state index in [9.17, 15) is 4.79 Å². The van der Waals surface area contributed by atoms with Crippen LogP contribution in [0.15, 0.2) is 24.4 Å². The van der Waals surface area contributed by atoms with Crippen molar-refractivity contribution in [2.45, 2.75) is 13.8 Å². The number of aryl methyl sites for hydroxylation is 2. The number of methoxy groups -OCH3 is 2. The lowest BCUT2D eigenvalue weighted by Gasteiger charge is -2.09. The van der Waals surface area contributed by atoms with Crippen molar-refractivity contribution in [1.29, 1.82) is 0 Å². The van der Waals surface area contributed by atoms with E-state index in [4.69, 9.17) is 9.47 Å². The number of hydrogen-bond acceptors (Lipinski definition) is 4. The molecule has 0 fully saturated rings. The van der Waals surface area contributed by atoms with Crippen LogP contribution in [0.3, 0.4) is 0 Å². The zero-order chi connectivity index (χ0) is 14.0. The topological polar surface area (TPSA) is 53.4 Å². The van der Waals surface area contributed by atoms with Crippen LogP contribution in [0.4, 0.5) is 0 Å². The quantitative estimate of drug-likeness (QED) is 0.794. The van der Waals surface area contributed by atoms with Gasteiger partial charge in [-0.3, -0.25) is 0 Å². The molecule has 0 aliphatic rings. The molecule has 0 saturated heterocycles. The molecule has 2 aromatic rings. The van der Waals surface area contributed by atoms with Crippen molar-refractivity contribution >= 4 is 5.97 Å². The van der Waals surface area contributed by atoms with E-state index in [0.29, 0.717) is 11.3 Å². The van der Waals surface area contributed by atoms with Crippen molar-refractivity contribution in [3.63, 3.8) is 0 Å². The van der Waals surface area contributed by atoms with Gasteiger partial charge >= 0.3 is 5.97 Å². The molecule has 0 bridgehead atoms. The smallest absolute Gasteiger partial charge is 0.341 e. The summed E-state index contributed by atoms with van der Waals surface area (Å²) in [7, 11) is 2.86. The van der Waals surface area contributed by atoms with E-state index in [1.54, 1.807) is 22.9 Å². The van der Waals surface area contributed by atoms with Gasteiger partial charge in [0.2, 0.25) is 0 Å². The van der Waals surface area contributed by atoms with Gasteiger partial charge in [0.1, 0.15) is 11.3 Å². The third-order valence-corrected chi connectivity index (χ3v) is 3.00. The van der Waals surface area contributed by atoms with Crippen molar-refractivity contribution in [3.8, 4) is 11.4 Å². The average molecular weight is 260 g/mol. The van der Waals surface area contributed by atoms with Crippen LogP contribution >= 0.6 is 0 Å². The van der Waals surface area contributed by atoms with Crippen LogP contribution < -0.4 is 4.74 Å². The molecule has 0 unspecified atom stereocenters. The van der Waals surface area contributed by atoms with Crippen LogP contribution in [0.2, 0.25) is 0 Å². The Balaban J connectivity index is 2.47. The minimum Gasteiger partial charge on any atom is -0.496 e. The van der Waals surface area contributed by atoms with Crippen LogP contribution in [0.25, 0.3) is 5.69 Å². The molecule has 0 radical (unpaired) electrons. The minimum absolute atomic E-state index is 0.398. The maximum atomic E-state index is 11.6. The second-order valence-corrected chi connectivity index (χ2v) is 4.22. The van der Waals surface area contributed by atoms with Crippen LogP contribution in [0.1, 0.15) is 21.6 Å². The summed E-state index contributed by atoms with van der Waals surface area (Å²) in [5.74, 6) is 0.0476. The van der Waals surface area contributed by atoms with Gasteiger partial charge in [0, 0.05) is 12.3 Å². The highest BCUT2D eigenvalue weighted by molar-refractivity contribution is 5.92. The van der Waals surface area contributed by atoms with Crippen molar-refractivity contribution in [2.24, 2.45) is 0 Å². The number of carbonyl (C=O) groups is 1. The summed E-state index contributed by atoms with van der Waals surface area (Å²) in [6.45, 7) is 3.95. The van der Waals surface area contributed by atoms with Crippen molar-refractivity contribution < 1.29 is 14.3 Å². The minimum atomic E-state index is -0.420. The fourth-order valence-electron chi connectivity index (χ4n) is 1.78. The number of carbonyl (C=O) groups excluding carboxylic acids is 1. The van der Waals surface area contributed by atoms with Crippen molar-refractivity contribution in [1.82, 2.24) is 9.78 Å². The molecule has 0 atom stereocenters. The SMILES string of the molecule is COC(=O)c1ccc(-n2cc(C)c(C)n2)cc1OC. The highest BCUT2D eigenvalue weighted by Crippen LogP contribution is 2.23. The van der Waals surface area contributed by atoms with Crippen LogP contribution in [0, 0.1) is 13.8 Å². The normalized spacial score (nSPS) is 10.3. The molecule has 0 aliphatic carbocycles. The molecule has 5 nitrogen and oxygen atoms in total. The highest BCUT2D eigenvalue weighted by atomic mass is 16.5. The van der Waals surface area contributed by atoms with E-state index in [-0.39, 0.29) is 0 Å². The number of benzene rings is 1. The molecule has 5 heteroatoms. The van der Waals surface area contributed by atoms with Gasteiger partial charge in [0.15, 0.2) is 0 Å². The highest BCUT2D eigenvalue weighted by Gasteiger charge is 2.14. The molecule has 1 heterocycles. The summed E-state index contributed by atoms with van der Waals surface area (Å²) in [6, 6.07) is 5.24. The Bertz CT molecular complexity index is 598. The van der Waals surface area contributed by atoms with E-state index in [0.717, 1.165) is 16.9 Å². The number of hydrogen-bond donors (Lipinski definition) is 0. The Morgan fingerprint density at radius 3 is 2.53 bits per heavy atom. The molecule has 19 heavy (non-hydrogen) atoms. The van der Waals surface area contributed by atoms with Crippen molar-refractivity contribution in [3.05, 3.63) is 41.2 Å². The fraction of sp³-hybridized carbons (Fsp3) is 0.286. The van der Waals surface area contributed by atoms with Gasteiger partial charge in [0.05, 0.1) is 25.6 Å². The Kier molecular flexibility index (Phi) is 3.55. The molecule has 0 N–H and O–H groups in total. The van der Waals surface area contributed by atoms with Crippen LogP contribution in [0.5, 0.6) is 5.75 Å². The first-order valence-corrected chi connectivity index (χ1v) is 5.86. The first-order valence-electron chi connectivity index (χ1n) is 5.86. The fourth-order valence-corrected chi connectivity index (χ4v) is 1.78. The molecule has 0 saturated carbocycles. The molecule has 2 rings (SSSR count). The summed E-state index contributed by atoms with van der Waals surface area (Å²) < 4.78 is 11.7. The van der Waals surface area contributed by atoms with Crippen LogP contribution in [-0.2, 0) is 4.74 Å². The number of nitrogens with zero attached hydrogens (tertiary/aromatic N) is 2. The number of esters is 1. The zero-order valence-corrected chi connectivity index (χ0v) is 11.4. The largest absolute Gasteiger partial charge is 0.496 e. The lowest BCUT2D eigenvalue weighted by atomic mass is 10.2. The summed E-state index contributed by atoms with van der Waals surface area (Å²) in [5.41, 5.74) is 3.31. The summed E-state index contributed by atoms with van der Waals surface area (Å²) >= 11 is 0. The Morgan fingerprint density at radius 1 is 1.26 bits per heavy atom. The summed E-state index contributed by atoms with van der Waals surface area (Å²) in [5, 5.41) is 4.40. The molecule has 1 aromatic carbocycles. The van der Waals surface area contributed by atoms with Gasteiger partial charge in [-0.2, -0.15) is 5.10 Å². The molecule has 0 amide bonds. The third kappa shape index (κ3) is 2.45. The maximum absolute atomic E-state index is 11.6. The van der Waals surface area contributed by atoms with E-state index in [2.05, 4.69) is 5.10 Å². The van der Waals surface area contributed by atoms with Gasteiger partial charge in [-0.1, -0.05) is 0 Å². The second kappa shape index (κ2) is 5.14. The van der Waals surface area contributed by atoms with Gasteiger partial charge in [-0.15, -0.1) is 0 Å². The maximum Gasteiger partial charge on any atom is 0.341 e. The monoisotopic (exact) mass is 260 g/mol. The lowest BCUT2D eigenvalue weighted by Crippen LogP contribution is -2.05. The lowest BCUT2D eigenvalue weighted by molar-refractivity contribution is 0.0597.